The van der Waals surface area contributed by atoms with E-state index in [1.807, 2.05) is 48.5 Å². The van der Waals surface area contributed by atoms with Crippen LogP contribution in [0.3, 0.4) is 0 Å². The Labute approximate surface area is 199 Å². The Morgan fingerprint density at radius 3 is 2.18 bits per heavy atom. The van der Waals surface area contributed by atoms with E-state index in [-0.39, 0.29) is 17.2 Å². The van der Waals surface area contributed by atoms with E-state index in [1.54, 1.807) is 0 Å². The second-order valence-corrected chi connectivity index (χ2v) is 9.95. The summed E-state index contributed by atoms with van der Waals surface area (Å²) in [6.45, 7) is 6.37. The van der Waals surface area contributed by atoms with Gasteiger partial charge in [-0.25, -0.2) is 4.98 Å². The molecule has 1 saturated carbocycles. The summed E-state index contributed by atoms with van der Waals surface area (Å²) < 4.78 is 41.3. The largest absolute Gasteiger partial charge is 0.421 e. The molecule has 3 aromatic rings. The van der Waals surface area contributed by atoms with Gasteiger partial charge < -0.3 is 10.6 Å². The molecule has 0 bridgehead atoms. The Kier molecular flexibility index (Phi) is 6.82. The number of rotatable bonds is 5. The fraction of sp³-hybridized carbons (Fsp3) is 0.407. The molecule has 2 aromatic carbocycles. The quantitative estimate of drug-likeness (QED) is 0.395. The van der Waals surface area contributed by atoms with Gasteiger partial charge in [0.1, 0.15) is 11.4 Å². The minimum atomic E-state index is -4.57. The number of benzene rings is 2. The van der Waals surface area contributed by atoms with Crippen LogP contribution in [-0.4, -0.2) is 9.97 Å². The molecule has 0 spiro atoms. The lowest BCUT2D eigenvalue weighted by atomic mass is 9.83. The second-order valence-electron chi connectivity index (χ2n) is 9.95. The van der Waals surface area contributed by atoms with Crippen LogP contribution in [0.5, 0.6) is 0 Å². The van der Waals surface area contributed by atoms with Gasteiger partial charge in [-0.2, -0.15) is 18.2 Å². The molecule has 1 aliphatic rings. The topological polar surface area (TPSA) is 49.8 Å². The summed E-state index contributed by atoms with van der Waals surface area (Å²) in [6, 6.07) is 15.3. The Morgan fingerprint density at radius 2 is 1.53 bits per heavy atom. The number of anilines is 4. The highest BCUT2D eigenvalue weighted by Gasteiger charge is 2.35. The zero-order chi connectivity index (χ0) is 24.3. The standard InChI is InChI=1S/C27H31F3N4/c1-26(2,3)19-13-15-20(16-14-19)32-25-31-17-22(27(28,29)30)24(34-25)33-23-12-8-7-11-21(23)18-9-5-4-6-10-18/h7-8,11-18H,4-6,9-10H2,1-3H3,(H2,31,32,33,34). The SMILES string of the molecule is CC(C)(C)c1ccc(Nc2ncc(C(F)(F)F)c(Nc3ccccc3C3CCCCC3)n2)cc1. The van der Waals surface area contributed by atoms with Crippen molar-refractivity contribution in [1.29, 1.82) is 0 Å². The lowest BCUT2D eigenvalue weighted by Gasteiger charge is -2.25. The molecular formula is C27H31F3N4. The normalized spacial score (nSPS) is 15.2. The van der Waals surface area contributed by atoms with Gasteiger partial charge in [0.15, 0.2) is 0 Å². The predicted molar refractivity (Wildman–Crippen MR) is 131 cm³/mol. The summed E-state index contributed by atoms with van der Waals surface area (Å²) in [5.41, 5.74) is 2.70. The molecule has 0 aliphatic heterocycles. The highest BCUT2D eigenvalue weighted by molar-refractivity contribution is 5.66. The molecule has 1 fully saturated rings. The second kappa shape index (κ2) is 9.65. The zero-order valence-corrected chi connectivity index (χ0v) is 19.8. The van der Waals surface area contributed by atoms with Crippen molar-refractivity contribution in [3.63, 3.8) is 0 Å². The van der Waals surface area contributed by atoms with Crippen LogP contribution in [0, 0.1) is 0 Å². The van der Waals surface area contributed by atoms with Crippen molar-refractivity contribution in [1.82, 2.24) is 9.97 Å². The predicted octanol–water partition coefficient (Wildman–Crippen LogP) is 8.33. The van der Waals surface area contributed by atoms with Gasteiger partial charge in [0.05, 0.1) is 0 Å². The van der Waals surface area contributed by atoms with Crippen LogP contribution in [0.2, 0.25) is 0 Å². The molecule has 0 amide bonds. The van der Waals surface area contributed by atoms with E-state index in [9.17, 15) is 13.2 Å². The van der Waals surface area contributed by atoms with Crippen molar-refractivity contribution >= 4 is 23.1 Å². The maximum absolute atomic E-state index is 13.8. The first kappa shape index (κ1) is 24.0. The molecule has 2 N–H and O–H groups in total. The summed E-state index contributed by atoms with van der Waals surface area (Å²) in [4.78, 5) is 8.18. The van der Waals surface area contributed by atoms with E-state index >= 15 is 0 Å². The van der Waals surface area contributed by atoms with Gasteiger partial charge in [0.25, 0.3) is 0 Å². The van der Waals surface area contributed by atoms with Crippen molar-refractivity contribution in [3.05, 3.63) is 71.4 Å². The molecule has 0 unspecified atom stereocenters. The smallest absolute Gasteiger partial charge is 0.339 e. The number of hydrogen-bond acceptors (Lipinski definition) is 4. The van der Waals surface area contributed by atoms with Crippen LogP contribution < -0.4 is 10.6 Å². The van der Waals surface area contributed by atoms with E-state index in [2.05, 4.69) is 41.4 Å². The third-order valence-corrected chi connectivity index (χ3v) is 6.36. The van der Waals surface area contributed by atoms with Crippen LogP contribution in [0.25, 0.3) is 0 Å². The van der Waals surface area contributed by atoms with Crippen molar-refractivity contribution in [2.24, 2.45) is 0 Å². The van der Waals surface area contributed by atoms with Crippen molar-refractivity contribution < 1.29 is 13.2 Å². The maximum Gasteiger partial charge on any atom is 0.421 e. The van der Waals surface area contributed by atoms with E-state index in [1.165, 1.54) is 6.42 Å². The lowest BCUT2D eigenvalue weighted by Crippen LogP contribution is -2.14. The van der Waals surface area contributed by atoms with Crippen LogP contribution in [-0.2, 0) is 11.6 Å². The van der Waals surface area contributed by atoms with Gasteiger partial charge in [-0.05, 0) is 53.5 Å². The number of nitrogens with one attached hydrogen (secondary N) is 2. The average Bonchev–Trinajstić information content (AvgIpc) is 2.79. The number of halogens is 3. The van der Waals surface area contributed by atoms with Gasteiger partial charge >= 0.3 is 6.18 Å². The Morgan fingerprint density at radius 1 is 0.853 bits per heavy atom. The molecule has 1 aliphatic carbocycles. The molecule has 7 heteroatoms. The third-order valence-electron chi connectivity index (χ3n) is 6.36. The van der Waals surface area contributed by atoms with E-state index in [4.69, 9.17) is 0 Å². The summed E-state index contributed by atoms with van der Waals surface area (Å²) in [5, 5.41) is 6.02. The molecule has 4 nitrogen and oxygen atoms in total. The van der Waals surface area contributed by atoms with Crippen molar-refractivity contribution in [2.75, 3.05) is 10.6 Å². The number of para-hydroxylation sites is 1. The minimum Gasteiger partial charge on any atom is -0.339 e. The molecule has 1 aromatic heterocycles. The number of aromatic nitrogens is 2. The van der Waals surface area contributed by atoms with Gasteiger partial charge in [0.2, 0.25) is 5.95 Å². The molecular weight excluding hydrogens is 437 g/mol. The van der Waals surface area contributed by atoms with Crippen LogP contribution in [0.1, 0.15) is 75.5 Å². The average molecular weight is 469 g/mol. The fourth-order valence-corrected chi connectivity index (χ4v) is 4.44. The van der Waals surface area contributed by atoms with E-state index in [0.717, 1.165) is 43.0 Å². The first-order valence-corrected chi connectivity index (χ1v) is 11.8. The first-order valence-electron chi connectivity index (χ1n) is 11.8. The van der Waals surface area contributed by atoms with Crippen LogP contribution in [0.15, 0.2) is 54.7 Å². The number of nitrogens with zero attached hydrogens (tertiary/aromatic N) is 2. The van der Waals surface area contributed by atoms with Gasteiger partial charge in [-0.1, -0.05) is 70.4 Å². The number of alkyl halides is 3. The molecule has 34 heavy (non-hydrogen) atoms. The van der Waals surface area contributed by atoms with Crippen LogP contribution >= 0.6 is 0 Å². The highest BCUT2D eigenvalue weighted by Crippen LogP contribution is 2.40. The Balaban J connectivity index is 1.64. The lowest BCUT2D eigenvalue weighted by molar-refractivity contribution is -0.137. The zero-order valence-electron chi connectivity index (χ0n) is 19.8. The first-order chi connectivity index (χ1) is 16.1. The molecule has 0 radical (unpaired) electrons. The van der Waals surface area contributed by atoms with Crippen molar-refractivity contribution in [3.8, 4) is 0 Å². The minimum absolute atomic E-state index is 0.00615. The molecule has 4 rings (SSSR count). The maximum atomic E-state index is 13.8. The summed E-state index contributed by atoms with van der Waals surface area (Å²) in [6.07, 6.45) is 1.85. The Hall–Kier alpha value is -3.09. The number of hydrogen-bond donors (Lipinski definition) is 2. The molecule has 0 saturated heterocycles. The van der Waals surface area contributed by atoms with E-state index < -0.39 is 11.7 Å². The van der Waals surface area contributed by atoms with Gasteiger partial charge in [-0.3, -0.25) is 0 Å². The highest BCUT2D eigenvalue weighted by atomic mass is 19.4. The molecule has 1 heterocycles. The fourth-order valence-electron chi connectivity index (χ4n) is 4.44. The molecule has 180 valence electrons. The third kappa shape index (κ3) is 5.69. The van der Waals surface area contributed by atoms with E-state index in [0.29, 0.717) is 17.3 Å². The summed E-state index contributed by atoms with van der Waals surface area (Å²) >= 11 is 0. The van der Waals surface area contributed by atoms with Gasteiger partial charge in [-0.15, -0.1) is 0 Å². The van der Waals surface area contributed by atoms with Gasteiger partial charge in [0, 0.05) is 17.6 Å². The van der Waals surface area contributed by atoms with Crippen molar-refractivity contribution in [2.45, 2.75) is 70.4 Å². The summed E-state index contributed by atoms with van der Waals surface area (Å²) in [5.74, 6) is 0.196. The monoisotopic (exact) mass is 468 g/mol. The van der Waals surface area contributed by atoms with Crippen LogP contribution in [0.4, 0.5) is 36.3 Å². The summed E-state index contributed by atoms with van der Waals surface area (Å²) in [7, 11) is 0. The Bertz CT molecular complexity index is 1110. The molecule has 0 atom stereocenters.